The van der Waals surface area contributed by atoms with Crippen molar-refractivity contribution in [3.8, 4) is 0 Å². The van der Waals surface area contributed by atoms with Crippen LogP contribution in [-0.4, -0.2) is 0 Å². The fourth-order valence-corrected chi connectivity index (χ4v) is 2.45. The third-order valence-electron chi connectivity index (χ3n) is 3.55. The van der Waals surface area contributed by atoms with E-state index in [4.69, 9.17) is 0 Å². The van der Waals surface area contributed by atoms with E-state index in [1.165, 1.54) is 11.1 Å². The van der Waals surface area contributed by atoms with Crippen molar-refractivity contribution in [1.29, 1.82) is 0 Å². The summed E-state index contributed by atoms with van der Waals surface area (Å²) in [6.07, 6.45) is 14.9. The molecule has 0 saturated heterocycles. The smallest absolute Gasteiger partial charge is 0.00508 e. The molecule has 1 unspecified atom stereocenters. The van der Waals surface area contributed by atoms with Crippen LogP contribution in [0.4, 0.5) is 0 Å². The molecule has 0 spiro atoms. The van der Waals surface area contributed by atoms with Crippen LogP contribution in [0.25, 0.3) is 0 Å². The molecule has 2 aliphatic rings. The minimum Gasteiger partial charge on any atom is -0.0991 e. The van der Waals surface area contributed by atoms with E-state index in [-0.39, 0.29) is 5.41 Å². The van der Waals surface area contributed by atoms with Gasteiger partial charge in [-0.1, -0.05) is 69.5 Å². The second-order valence-electron chi connectivity index (χ2n) is 4.91. The second-order valence-corrected chi connectivity index (χ2v) is 4.91. The molecule has 0 nitrogen and oxygen atoms in total. The SMILES string of the molecule is C=C/C=C1\C(=C)C2=CC(C=CC=C2)C1(C)C. The van der Waals surface area contributed by atoms with Crippen molar-refractivity contribution >= 4 is 0 Å². The van der Waals surface area contributed by atoms with Crippen LogP contribution < -0.4 is 0 Å². The van der Waals surface area contributed by atoms with E-state index < -0.39 is 0 Å². The molecular formula is C16H18. The van der Waals surface area contributed by atoms with Crippen molar-refractivity contribution in [2.24, 2.45) is 11.3 Å². The Kier molecular flexibility index (Phi) is 2.59. The molecule has 2 aliphatic carbocycles. The normalized spacial score (nSPS) is 28.9. The van der Waals surface area contributed by atoms with Crippen molar-refractivity contribution in [3.05, 3.63) is 72.4 Å². The Morgan fingerprint density at radius 3 is 2.75 bits per heavy atom. The van der Waals surface area contributed by atoms with Crippen molar-refractivity contribution in [2.75, 3.05) is 0 Å². The lowest BCUT2D eigenvalue weighted by Gasteiger charge is -2.38. The van der Waals surface area contributed by atoms with Crippen LogP contribution in [0.15, 0.2) is 72.4 Å². The van der Waals surface area contributed by atoms with Gasteiger partial charge in [0.2, 0.25) is 0 Å². The lowest BCUT2D eigenvalue weighted by atomic mass is 9.65. The van der Waals surface area contributed by atoms with Crippen LogP contribution in [0, 0.1) is 11.3 Å². The summed E-state index contributed by atoms with van der Waals surface area (Å²) in [4.78, 5) is 0. The lowest BCUT2D eigenvalue weighted by Crippen LogP contribution is -2.28. The molecule has 0 aromatic heterocycles. The molecule has 1 atom stereocenters. The maximum Gasteiger partial charge on any atom is 0.00508 e. The third-order valence-corrected chi connectivity index (χ3v) is 3.55. The predicted molar refractivity (Wildman–Crippen MR) is 71.1 cm³/mol. The predicted octanol–water partition coefficient (Wildman–Crippen LogP) is 4.36. The van der Waals surface area contributed by atoms with Gasteiger partial charge in [-0.2, -0.15) is 0 Å². The number of hydrogen-bond donors (Lipinski definition) is 0. The van der Waals surface area contributed by atoms with E-state index in [2.05, 4.69) is 63.5 Å². The first kappa shape index (κ1) is 10.9. The maximum absolute atomic E-state index is 4.21. The van der Waals surface area contributed by atoms with Gasteiger partial charge < -0.3 is 0 Å². The van der Waals surface area contributed by atoms with Crippen LogP contribution in [0.5, 0.6) is 0 Å². The van der Waals surface area contributed by atoms with Gasteiger partial charge in [0.15, 0.2) is 0 Å². The molecular weight excluding hydrogens is 192 g/mol. The molecule has 16 heavy (non-hydrogen) atoms. The number of rotatable bonds is 1. The molecule has 2 bridgehead atoms. The van der Waals surface area contributed by atoms with Gasteiger partial charge in [-0.3, -0.25) is 0 Å². The van der Waals surface area contributed by atoms with Crippen molar-refractivity contribution in [1.82, 2.24) is 0 Å². The first-order valence-corrected chi connectivity index (χ1v) is 5.67. The van der Waals surface area contributed by atoms with Crippen LogP contribution in [-0.2, 0) is 0 Å². The van der Waals surface area contributed by atoms with Gasteiger partial charge in [0.1, 0.15) is 0 Å². The van der Waals surface area contributed by atoms with Crippen molar-refractivity contribution < 1.29 is 0 Å². The average molecular weight is 210 g/mol. The zero-order chi connectivity index (χ0) is 11.8. The topological polar surface area (TPSA) is 0 Å². The fraction of sp³-hybridized carbons (Fsp3) is 0.250. The molecule has 0 amide bonds. The van der Waals surface area contributed by atoms with Gasteiger partial charge in [0.05, 0.1) is 0 Å². The zero-order valence-corrected chi connectivity index (χ0v) is 10.0. The Labute approximate surface area is 98.1 Å². The van der Waals surface area contributed by atoms with Gasteiger partial charge in [0.25, 0.3) is 0 Å². The highest BCUT2D eigenvalue weighted by Crippen LogP contribution is 2.47. The quantitative estimate of drug-likeness (QED) is 0.603. The molecule has 0 aromatic carbocycles. The molecule has 0 aliphatic heterocycles. The Bertz CT molecular complexity index is 450. The van der Waals surface area contributed by atoms with Gasteiger partial charge >= 0.3 is 0 Å². The molecule has 0 N–H and O–H groups in total. The number of hydrogen-bond acceptors (Lipinski definition) is 0. The summed E-state index contributed by atoms with van der Waals surface area (Å²) < 4.78 is 0. The summed E-state index contributed by atoms with van der Waals surface area (Å²) in [7, 11) is 0. The number of fused-ring (bicyclic) bond motifs is 1. The second kappa shape index (κ2) is 3.79. The van der Waals surface area contributed by atoms with E-state index >= 15 is 0 Å². The summed E-state index contributed by atoms with van der Waals surface area (Å²) in [5, 5.41) is 0. The van der Waals surface area contributed by atoms with Crippen LogP contribution >= 0.6 is 0 Å². The molecule has 2 rings (SSSR count). The molecule has 0 fully saturated rings. The van der Waals surface area contributed by atoms with Gasteiger partial charge in [-0.05, 0) is 16.7 Å². The summed E-state index contributed by atoms with van der Waals surface area (Å²) in [6, 6.07) is 0. The summed E-state index contributed by atoms with van der Waals surface area (Å²) in [5.74, 6) is 0.439. The average Bonchev–Trinajstić information content (AvgIpc) is 2.47. The Morgan fingerprint density at radius 1 is 1.31 bits per heavy atom. The summed E-state index contributed by atoms with van der Waals surface area (Å²) >= 11 is 0. The molecule has 0 heteroatoms. The maximum atomic E-state index is 4.21. The van der Waals surface area contributed by atoms with E-state index in [9.17, 15) is 0 Å². The minimum atomic E-state index is 0.0945. The lowest BCUT2D eigenvalue weighted by molar-refractivity contribution is 0.371. The van der Waals surface area contributed by atoms with E-state index in [0.29, 0.717) is 5.92 Å². The Hall–Kier alpha value is -1.56. The highest BCUT2D eigenvalue weighted by molar-refractivity contribution is 5.58. The van der Waals surface area contributed by atoms with Crippen LogP contribution in [0.1, 0.15) is 13.8 Å². The van der Waals surface area contributed by atoms with Crippen LogP contribution in [0.3, 0.4) is 0 Å². The van der Waals surface area contributed by atoms with E-state index in [0.717, 1.165) is 5.57 Å². The molecule has 0 aromatic rings. The van der Waals surface area contributed by atoms with Crippen molar-refractivity contribution in [2.45, 2.75) is 13.8 Å². The molecule has 0 radical (unpaired) electrons. The number of allylic oxidation sites excluding steroid dienone is 10. The first-order chi connectivity index (χ1) is 7.57. The van der Waals surface area contributed by atoms with E-state index in [1.54, 1.807) is 0 Å². The van der Waals surface area contributed by atoms with Crippen molar-refractivity contribution in [3.63, 3.8) is 0 Å². The standard InChI is InChI=1S/C16H18/c1-5-8-15-12(2)13-9-6-7-10-14(11-13)16(15,3)4/h5-11,14H,1-2H2,3-4H3/b15-8+. The Balaban J connectivity index is 2.61. The van der Waals surface area contributed by atoms with Crippen LogP contribution in [0.2, 0.25) is 0 Å². The Morgan fingerprint density at radius 2 is 2.06 bits per heavy atom. The molecule has 0 saturated carbocycles. The largest absolute Gasteiger partial charge is 0.0991 e. The summed E-state index contributed by atoms with van der Waals surface area (Å²) in [5.41, 5.74) is 3.75. The highest BCUT2D eigenvalue weighted by atomic mass is 14.4. The van der Waals surface area contributed by atoms with Gasteiger partial charge in [-0.25, -0.2) is 0 Å². The fourth-order valence-electron chi connectivity index (χ4n) is 2.45. The zero-order valence-electron chi connectivity index (χ0n) is 10.0. The highest BCUT2D eigenvalue weighted by Gasteiger charge is 2.36. The van der Waals surface area contributed by atoms with Gasteiger partial charge in [0, 0.05) is 11.3 Å². The molecule has 82 valence electrons. The van der Waals surface area contributed by atoms with Gasteiger partial charge in [-0.15, -0.1) is 0 Å². The summed E-state index contributed by atoms with van der Waals surface area (Å²) in [6.45, 7) is 12.5. The molecule has 0 heterocycles. The minimum absolute atomic E-state index is 0.0945. The third kappa shape index (κ3) is 1.55. The van der Waals surface area contributed by atoms with E-state index in [1.807, 2.05) is 6.08 Å². The first-order valence-electron chi connectivity index (χ1n) is 5.67. The monoisotopic (exact) mass is 210 g/mol.